The first-order chi connectivity index (χ1) is 11.4. The quantitative estimate of drug-likeness (QED) is 0.818. The second kappa shape index (κ2) is 7.92. The summed E-state index contributed by atoms with van der Waals surface area (Å²) in [7, 11) is 1.58. The molecule has 0 aliphatic carbocycles. The summed E-state index contributed by atoms with van der Waals surface area (Å²) in [4.78, 5) is 24.6. The van der Waals surface area contributed by atoms with Crippen molar-refractivity contribution in [1.82, 2.24) is 4.90 Å². The van der Waals surface area contributed by atoms with Gasteiger partial charge in [-0.15, -0.1) is 0 Å². The molecule has 2 rings (SSSR count). The van der Waals surface area contributed by atoms with Crippen molar-refractivity contribution in [2.24, 2.45) is 5.73 Å². The predicted octanol–water partition coefficient (Wildman–Crippen LogP) is 2.72. The topological polar surface area (TPSA) is 72.6 Å². The van der Waals surface area contributed by atoms with Crippen molar-refractivity contribution < 1.29 is 18.7 Å². The SMILES string of the molecule is CN(Cc1cc(Br)ccc1F)C(=O)c1cccc(OCC(N)=O)c1. The highest BCUT2D eigenvalue weighted by Gasteiger charge is 2.15. The Kier molecular flexibility index (Phi) is 5.92. The lowest BCUT2D eigenvalue weighted by atomic mass is 10.1. The van der Waals surface area contributed by atoms with Gasteiger partial charge in [-0.25, -0.2) is 4.39 Å². The standard InChI is InChI=1S/C17H16BrFN2O3/c1-21(9-12-7-13(18)5-6-15(12)19)17(23)11-3-2-4-14(8-11)24-10-16(20)22/h2-8H,9-10H2,1H3,(H2,20,22). The van der Waals surface area contributed by atoms with Gasteiger partial charge in [0.25, 0.3) is 11.8 Å². The molecule has 0 bridgehead atoms. The Bertz CT molecular complexity index is 767. The van der Waals surface area contributed by atoms with Crippen LogP contribution in [0.3, 0.4) is 0 Å². The third-order valence-corrected chi connectivity index (χ3v) is 3.72. The van der Waals surface area contributed by atoms with Crippen LogP contribution in [0, 0.1) is 5.82 Å². The fraction of sp³-hybridized carbons (Fsp3) is 0.176. The van der Waals surface area contributed by atoms with Crippen LogP contribution in [-0.4, -0.2) is 30.4 Å². The molecule has 0 fully saturated rings. The molecule has 0 aromatic heterocycles. The first-order valence-corrected chi connectivity index (χ1v) is 7.86. The molecule has 0 aliphatic heterocycles. The molecule has 126 valence electrons. The minimum Gasteiger partial charge on any atom is -0.484 e. The average molecular weight is 395 g/mol. The molecule has 0 saturated heterocycles. The summed E-state index contributed by atoms with van der Waals surface area (Å²) >= 11 is 3.28. The van der Waals surface area contributed by atoms with Crippen LogP contribution in [0.5, 0.6) is 5.75 Å². The first kappa shape index (κ1) is 17.9. The fourth-order valence-corrected chi connectivity index (χ4v) is 2.49. The van der Waals surface area contributed by atoms with Crippen molar-refractivity contribution in [2.75, 3.05) is 13.7 Å². The average Bonchev–Trinajstić information content (AvgIpc) is 2.55. The Morgan fingerprint density at radius 1 is 1.25 bits per heavy atom. The smallest absolute Gasteiger partial charge is 0.255 e. The Hall–Kier alpha value is -2.41. The molecule has 0 heterocycles. The van der Waals surface area contributed by atoms with Crippen LogP contribution >= 0.6 is 15.9 Å². The van der Waals surface area contributed by atoms with Crippen molar-refractivity contribution in [2.45, 2.75) is 6.54 Å². The molecule has 2 aromatic carbocycles. The number of nitrogens with two attached hydrogens (primary N) is 1. The Balaban J connectivity index is 2.11. The van der Waals surface area contributed by atoms with Crippen LogP contribution in [-0.2, 0) is 11.3 Å². The number of nitrogens with zero attached hydrogens (tertiary/aromatic N) is 1. The number of carbonyl (C=O) groups is 2. The zero-order chi connectivity index (χ0) is 17.7. The van der Waals surface area contributed by atoms with Gasteiger partial charge in [-0.3, -0.25) is 9.59 Å². The zero-order valence-corrected chi connectivity index (χ0v) is 14.5. The van der Waals surface area contributed by atoms with Crippen LogP contribution in [0.4, 0.5) is 4.39 Å². The van der Waals surface area contributed by atoms with Gasteiger partial charge < -0.3 is 15.4 Å². The van der Waals surface area contributed by atoms with Gasteiger partial charge >= 0.3 is 0 Å². The summed E-state index contributed by atoms with van der Waals surface area (Å²) < 4.78 is 19.7. The van der Waals surface area contributed by atoms with E-state index < -0.39 is 5.91 Å². The van der Waals surface area contributed by atoms with Crippen molar-refractivity contribution in [3.05, 3.63) is 63.9 Å². The van der Waals surface area contributed by atoms with E-state index in [1.807, 2.05) is 0 Å². The van der Waals surface area contributed by atoms with E-state index in [-0.39, 0.29) is 24.9 Å². The Morgan fingerprint density at radius 2 is 2.00 bits per heavy atom. The van der Waals surface area contributed by atoms with E-state index in [2.05, 4.69) is 15.9 Å². The predicted molar refractivity (Wildman–Crippen MR) is 91.0 cm³/mol. The highest BCUT2D eigenvalue weighted by molar-refractivity contribution is 9.10. The van der Waals surface area contributed by atoms with Crippen LogP contribution in [0.15, 0.2) is 46.9 Å². The third kappa shape index (κ3) is 4.79. The van der Waals surface area contributed by atoms with E-state index in [9.17, 15) is 14.0 Å². The minimum atomic E-state index is -0.603. The summed E-state index contributed by atoms with van der Waals surface area (Å²) in [5.74, 6) is -0.911. The van der Waals surface area contributed by atoms with Crippen molar-refractivity contribution in [1.29, 1.82) is 0 Å². The maximum absolute atomic E-state index is 13.8. The molecular weight excluding hydrogens is 379 g/mol. The highest BCUT2D eigenvalue weighted by Crippen LogP contribution is 2.19. The number of amides is 2. The van der Waals surface area contributed by atoms with Crippen molar-refractivity contribution >= 4 is 27.7 Å². The van der Waals surface area contributed by atoms with Gasteiger partial charge in [0.2, 0.25) is 0 Å². The van der Waals surface area contributed by atoms with Gasteiger partial charge in [-0.05, 0) is 36.4 Å². The maximum atomic E-state index is 13.8. The van der Waals surface area contributed by atoms with E-state index in [1.165, 1.54) is 17.0 Å². The fourth-order valence-electron chi connectivity index (χ4n) is 2.09. The molecule has 0 atom stereocenters. The van der Waals surface area contributed by atoms with Gasteiger partial charge in [0.15, 0.2) is 6.61 Å². The van der Waals surface area contributed by atoms with E-state index in [1.54, 1.807) is 37.4 Å². The molecule has 0 aliphatic rings. The van der Waals surface area contributed by atoms with Gasteiger partial charge in [-0.2, -0.15) is 0 Å². The first-order valence-electron chi connectivity index (χ1n) is 7.07. The number of carbonyl (C=O) groups excluding carboxylic acids is 2. The number of rotatable bonds is 6. The molecule has 0 radical (unpaired) electrons. The number of ether oxygens (including phenoxy) is 1. The van der Waals surface area contributed by atoms with E-state index >= 15 is 0 Å². The number of benzene rings is 2. The van der Waals surface area contributed by atoms with Gasteiger partial charge in [-0.1, -0.05) is 22.0 Å². The molecule has 0 saturated carbocycles. The third-order valence-electron chi connectivity index (χ3n) is 3.22. The second-order valence-corrected chi connectivity index (χ2v) is 6.10. The Labute approximate surface area is 147 Å². The molecule has 7 heteroatoms. The lowest BCUT2D eigenvalue weighted by Crippen LogP contribution is -2.26. The minimum absolute atomic E-state index is 0.122. The van der Waals surface area contributed by atoms with Gasteiger partial charge in [0.05, 0.1) is 0 Å². The van der Waals surface area contributed by atoms with Crippen LogP contribution in [0.1, 0.15) is 15.9 Å². The number of hydrogen-bond donors (Lipinski definition) is 1. The van der Waals surface area contributed by atoms with Gasteiger partial charge in [0, 0.05) is 29.2 Å². The van der Waals surface area contributed by atoms with Crippen LogP contribution < -0.4 is 10.5 Å². The molecule has 0 spiro atoms. The van der Waals surface area contributed by atoms with Crippen LogP contribution in [0.25, 0.3) is 0 Å². The molecule has 2 N–H and O–H groups in total. The van der Waals surface area contributed by atoms with Crippen LogP contribution in [0.2, 0.25) is 0 Å². The molecular formula is C17H16BrFN2O3. The molecule has 2 aromatic rings. The number of hydrogen-bond acceptors (Lipinski definition) is 3. The van der Waals surface area contributed by atoms with E-state index in [0.29, 0.717) is 16.9 Å². The lowest BCUT2D eigenvalue weighted by molar-refractivity contribution is -0.119. The van der Waals surface area contributed by atoms with E-state index in [0.717, 1.165) is 4.47 Å². The summed E-state index contributed by atoms with van der Waals surface area (Å²) in [6.07, 6.45) is 0. The number of halogens is 2. The maximum Gasteiger partial charge on any atom is 0.255 e. The van der Waals surface area contributed by atoms with E-state index in [4.69, 9.17) is 10.5 Å². The molecule has 0 unspecified atom stereocenters. The van der Waals surface area contributed by atoms with Gasteiger partial charge in [0.1, 0.15) is 11.6 Å². The zero-order valence-electron chi connectivity index (χ0n) is 13.0. The molecule has 5 nitrogen and oxygen atoms in total. The summed E-state index contributed by atoms with van der Waals surface area (Å²) in [6.45, 7) is -0.146. The molecule has 24 heavy (non-hydrogen) atoms. The molecule has 2 amide bonds. The van der Waals surface area contributed by atoms with Crippen molar-refractivity contribution in [3.63, 3.8) is 0 Å². The second-order valence-electron chi connectivity index (χ2n) is 5.18. The largest absolute Gasteiger partial charge is 0.484 e. The van der Waals surface area contributed by atoms with Crippen molar-refractivity contribution in [3.8, 4) is 5.75 Å². The summed E-state index contributed by atoms with van der Waals surface area (Å²) in [6, 6.07) is 11.0. The highest BCUT2D eigenvalue weighted by atomic mass is 79.9. The lowest BCUT2D eigenvalue weighted by Gasteiger charge is -2.18. The summed E-state index contributed by atoms with van der Waals surface area (Å²) in [5, 5.41) is 0. The normalized spacial score (nSPS) is 10.3. The summed E-state index contributed by atoms with van der Waals surface area (Å²) in [5.41, 5.74) is 5.79. The number of primary amides is 1. The Morgan fingerprint density at radius 3 is 2.71 bits per heavy atom. The monoisotopic (exact) mass is 394 g/mol.